The van der Waals surface area contributed by atoms with Crippen LogP contribution in [-0.4, -0.2) is 4.57 Å². The maximum Gasteiger partial charge on any atom is 0.136 e. The third-order valence-corrected chi connectivity index (χ3v) is 13.7. The Balaban J connectivity index is 0.937. The first-order chi connectivity index (χ1) is 30.7. The summed E-state index contributed by atoms with van der Waals surface area (Å²) in [5, 5.41) is 9.88. The molecule has 0 radical (unpaired) electrons. The molecule has 0 aliphatic heterocycles. The number of aromatic nitrogens is 1. The summed E-state index contributed by atoms with van der Waals surface area (Å²) in [4.78, 5) is 2.38. The molecule has 0 fully saturated rings. The van der Waals surface area contributed by atoms with Crippen molar-refractivity contribution in [2.24, 2.45) is 0 Å². The standard InChI is InChI=1S/C58H36N2OS/c1-2-12-41(13-3-1)60-52-35-40(26-32-47(52)50-33-25-38-11-4-5-14-46(38)58(50)60)37-21-27-42(28-22-37)59(44-31-34-49-48-15-7-9-20-55(48)62-56(49)36-44)43-29-23-39(24-30-43)45-17-10-19-54-57(45)51-16-6-8-18-53(51)61-54/h1-36H. The molecule has 13 rings (SSSR count). The lowest BCUT2D eigenvalue weighted by atomic mass is 9.99. The minimum Gasteiger partial charge on any atom is -0.456 e. The van der Waals surface area contributed by atoms with E-state index >= 15 is 0 Å². The van der Waals surface area contributed by atoms with E-state index < -0.39 is 0 Å². The smallest absolute Gasteiger partial charge is 0.136 e. The van der Waals surface area contributed by atoms with Gasteiger partial charge in [0.2, 0.25) is 0 Å². The van der Waals surface area contributed by atoms with Gasteiger partial charge in [-0.15, -0.1) is 11.3 Å². The molecule has 0 saturated heterocycles. The Labute approximate surface area is 361 Å². The van der Waals surface area contributed by atoms with Gasteiger partial charge in [-0.1, -0.05) is 146 Å². The topological polar surface area (TPSA) is 21.3 Å². The normalized spacial score (nSPS) is 11.9. The molecule has 0 amide bonds. The molecule has 3 heterocycles. The fourth-order valence-corrected chi connectivity index (χ4v) is 10.9. The molecule has 3 aromatic heterocycles. The largest absolute Gasteiger partial charge is 0.456 e. The summed E-state index contributed by atoms with van der Waals surface area (Å²) in [5.74, 6) is 0. The molecule has 0 N–H and O–H groups in total. The van der Waals surface area contributed by atoms with Crippen LogP contribution in [0.25, 0.3) is 103 Å². The number of anilines is 3. The van der Waals surface area contributed by atoms with Crippen molar-refractivity contribution in [2.45, 2.75) is 0 Å². The van der Waals surface area contributed by atoms with Crippen LogP contribution >= 0.6 is 11.3 Å². The van der Waals surface area contributed by atoms with E-state index in [0.717, 1.165) is 55.8 Å². The van der Waals surface area contributed by atoms with Gasteiger partial charge in [-0.2, -0.15) is 0 Å². The van der Waals surface area contributed by atoms with E-state index in [1.54, 1.807) is 0 Å². The molecular formula is C58H36N2OS. The number of fused-ring (bicyclic) bond motifs is 11. The van der Waals surface area contributed by atoms with E-state index in [0.29, 0.717) is 0 Å². The van der Waals surface area contributed by atoms with Crippen molar-refractivity contribution in [3.05, 3.63) is 218 Å². The number of rotatable bonds is 6. The number of hydrogen-bond acceptors (Lipinski definition) is 3. The van der Waals surface area contributed by atoms with Crippen molar-refractivity contribution in [1.29, 1.82) is 0 Å². The van der Waals surface area contributed by atoms with E-state index in [-0.39, 0.29) is 0 Å². The summed E-state index contributed by atoms with van der Waals surface area (Å²) >= 11 is 1.85. The lowest BCUT2D eigenvalue weighted by molar-refractivity contribution is 0.669. The summed E-state index contributed by atoms with van der Waals surface area (Å²) < 4.78 is 11.3. The van der Waals surface area contributed by atoms with Crippen molar-refractivity contribution >= 4 is 103 Å². The first-order valence-corrected chi connectivity index (χ1v) is 21.9. The van der Waals surface area contributed by atoms with Crippen LogP contribution in [0.5, 0.6) is 0 Å². The van der Waals surface area contributed by atoms with Crippen molar-refractivity contribution in [3.8, 4) is 27.9 Å². The number of furan rings is 1. The number of nitrogens with zero attached hydrogens (tertiary/aromatic N) is 2. The minimum atomic E-state index is 0.903. The zero-order chi connectivity index (χ0) is 40.7. The average Bonchev–Trinajstić information content (AvgIpc) is 4.02. The van der Waals surface area contributed by atoms with Crippen LogP contribution in [0.2, 0.25) is 0 Å². The molecule has 4 heteroatoms. The van der Waals surface area contributed by atoms with Gasteiger partial charge < -0.3 is 13.9 Å². The second-order valence-corrected chi connectivity index (χ2v) is 17.2. The Morgan fingerprint density at radius 1 is 0.387 bits per heavy atom. The van der Waals surface area contributed by atoms with Crippen molar-refractivity contribution in [1.82, 2.24) is 4.57 Å². The summed E-state index contributed by atoms with van der Waals surface area (Å²) in [6, 6.07) is 79.2. The highest BCUT2D eigenvalue weighted by Gasteiger charge is 2.19. The van der Waals surface area contributed by atoms with Crippen molar-refractivity contribution < 1.29 is 4.42 Å². The lowest BCUT2D eigenvalue weighted by Crippen LogP contribution is -2.09. The zero-order valence-corrected chi connectivity index (χ0v) is 34.3. The highest BCUT2D eigenvalue weighted by Crippen LogP contribution is 2.44. The van der Waals surface area contributed by atoms with Gasteiger partial charge in [-0.3, -0.25) is 0 Å². The molecule has 0 spiro atoms. The van der Waals surface area contributed by atoms with Gasteiger partial charge in [0.05, 0.1) is 11.0 Å². The minimum absolute atomic E-state index is 0.903. The van der Waals surface area contributed by atoms with Crippen LogP contribution < -0.4 is 4.90 Å². The van der Waals surface area contributed by atoms with Gasteiger partial charge in [0.25, 0.3) is 0 Å². The van der Waals surface area contributed by atoms with Crippen LogP contribution in [0.3, 0.4) is 0 Å². The molecule has 13 aromatic rings. The van der Waals surface area contributed by atoms with Crippen LogP contribution in [0.4, 0.5) is 17.1 Å². The number of hydrogen-bond donors (Lipinski definition) is 0. The Kier molecular flexibility index (Phi) is 7.78. The first kappa shape index (κ1) is 34.9. The van der Waals surface area contributed by atoms with E-state index in [1.165, 1.54) is 63.9 Å². The summed E-state index contributed by atoms with van der Waals surface area (Å²) in [6.45, 7) is 0. The molecule has 290 valence electrons. The molecule has 0 unspecified atom stereocenters. The van der Waals surface area contributed by atoms with Crippen LogP contribution in [0.1, 0.15) is 0 Å². The van der Waals surface area contributed by atoms with Gasteiger partial charge in [-0.25, -0.2) is 0 Å². The van der Waals surface area contributed by atoms with E-state index in [9.17, 15) is 0 Å². The van der Waals surface area contributed by atoms with Crippen LogP contribution in [0.15, 0.2) is 223 Å². The predicted octanol–water partition coefficient (Wildman–Crippen LogP) is 17.0. The molecule has 0 aliphatic rings. The van der Waals surface area contributed by atoms with Gasteiger partial charge in [0.1, 0.15) is 11.2 Å². The molecule has 0 bridgehead atoms. The van der Waals surface area contributed by atoms with Gasteiger partial charge in [0.15, 0.2) is 0 Å². The molecule has 0 atom stereocenters. The summed E-state index contributed by atoms with van der Waals surface area (Å²) in [6.07, 6.45) is 0. The molecular weight excluding hydrogens is 773 g/mol. The van der Waals surface area contributed by atoms with E-state index in [4.69, 9.17) is 4.42 Å². The average molecular weight is 809 g/mol. The fraction of sp³-hybridized carbons (Fsp3) is 0. The number of para-hydroxylation sites is 2. The molecule has 62 heavy (non-hydrogen) atoms. The van der Waals surface area contributed by atoms with Crippen molar-refractivity contribution in [2.75, 3.05) is 4.90 Å². The highest BCUT2D eigenvalue weighted by molar-refractivity contribution is 7.25. The first-order valence-electron chi connectivity index (χ1n) is 21.1. The highest BCUT2D eigenvalue weighted by atomic mass is 32.1. The third kappa shape index (κ3) is 5.44. The number of thiophene rings is 1. The molecule has 3 nitrogen and oxygen atoms in total. The van der Waals surface area contributed by atoms with E-state index in [2.05, 4.69) is 216 Å². The Hall–Kier alpha value is -7.92. The van der Waals surface area contributed by atoms with Crippen LogP contribution in [0, 0.1) is 0 Å². The second-order valence-electron chi connectivity index (χ2n) is 16.1. The predicted molar refractivity (Wildman–Crippen MR) is 264 cm³/mol. The molecule has 0 saturated carbocycles. The summed E-state index contributed by atoms with van der Waals surface area (Å²) in [7, 11) is 0. The van der Waals surface area contributed by atoms with Crippen molar-refractivity contribution in [3.63, 3.8) is 0 Å². The number of benzene rings is 10. The molecule has 10 aromatic carbocycles. The molecule has 0 aliphatic carbocycles. The van der Waals surface area contributed by atoms with Gasteiger partial charge in [0, 0.05) is 69.9 Å². The summed E-state index contributed by atoms with van der Waals surface area (Å²) in [5.41, 5.74) is 13.4. The fourth-order valence-electron chi connectivity index (χ4n) is 9.71. The van der Waals surface area contributed by atoms with Gasteiger partial charge in [-0.05, 0) is 100 Å². The monoisotopic (exact) mass is 808 g/mol. The zero-order valence-electron chi connectivity index (χ0n) is 33.5. The van der Waals surface area contributed by atoms with Crippen LogP contribution in [-0.2, 0) is 0 Å². The maximum absolute atomic E-state index is 6.26. The van der Waals surface area contributed by atoms with Gasteiger partial charge >= 0.3 is 0 Å². The Morgan fingerprint density at radius 3 is 1.85 bits per heavy atom. The quantitative estimate of drug-likeness (QED) is 0.167. The maximum atomic E-state index is 6.26. The lowest BCUT2D eigenvalue weighted by Gasteiger charge is -2.26. The Morgan fingerprint density at radius 2 is 1.02 bits per heavy atom. The SMILES string of the molecule is c1ccc(-n2c3cc(-c4ccc(N(c5ccc(-c6cccc7oc8ccccc8c67)cc5)c5ccc6c(c5)sc5ccccc56)cc4)ccc3c3ccc4ccccc4c32)cc1. The second kappa shape index (κ2) is 13.8. The third-order valence-electron chi connectivity index (χ3n) is 12.6. The van der Waals surface area contributed by atoms with E-state index in [1.807, 2.05) is 23.5 Å². The Bertz CT molecular complexity index is 3860.